The van der Waals surface area contributed by atoms with Gasteiger partial charge < -0.3 is 10.2 Å². The predicted molar refractivity (Wildman–Crippen MR) is 90.0 cm³/mol. The zero-order valence-electron chi connectivity index (χ0n) is 13.7. The lowest BCUT2D eigenvalue weighted by molar-refractivity contribution is -0.119. The molecule has 0 aromatic heterocycles. The summed E-state index contributed by atoms with van der Waals surface area (Å²) in [6, 6.07) is 8.28. The largest absolute Gasteiger partial charge is 0.360 e. The van der Waals surface area contributed by atoms with Gasteiger partial charge in [-0.05, 0) is 48.6 Å². The molecule has 3 nitrogen and oxygen atoms in total. The summed E-state index contributed by atoms with van der Waals surface area (Å²) < 4.78 is 40.3. The minimum absolute atomic E-state index is 0.0268. The number of aryl methyl sites for hydroxylation is 1. The van der Waals surface area contributed by atoms with Crippen LogP contribution in [0, 0.1) is 17.5 Å². The van der Waals surface area contributed by atoms with E-state index in [2.05, 4.69) is 5.32 Å². The molecule has 6 heteroatoms. The van der Waals surface area contributed by atoms with E-state index in [1.165, 1.54) is 18.2 Å². The Morgan fingerprint density at radius 1 is 1.08 bits per heavy atom. The number of hydrogen-bond donors (Lipinski definition) is 1. The standard InChI is InChI=1S/C19H19F3N2O/c20-15-5-3-13(4-6-15)7-8-23-18(25)12-24-9-1-2-14-10-16(21)11-17(22)19(14)24/h3-6,10-11H,1-2,7-9,12H2,(H,23,25). The Kier molecular flexibility index (Phi) is 5.26. The van der Waals surface area contributed by atoms with Crippen LogP contribution in [0.4, 0.5) is 18.9 Å². The lowest BCUT2D eigenvalue weighted by Gasteiger charge is -2.31. The quantitative estimate of drug-likeness (QED) is 0.900. The zero-order chi connectivity index (χ0) is 17.8. The van der Waals surface area contributed by atoms with Crippen molar-refractivity contribution in [2.75, 3.05) is 24.5 Å². The van der Waals surface area contributed by atoms with Gasteiger partial charge in [-0.15, -0.1) is 0 Å². The first-order valence-corrected chi connectivity index (χ1v) is 8.27. The summed E-state index contributed by atoms with van der Waals surface area (Å²) in [6.07, 6.45) is 1.94. The van der Waals surface area contributed by atoms with Gasteiger partial charge in [0.1, 0.15) is 17.5 Å². The number of amides is 1. The van der Waals surface area contributed by atoms with E-state index < -0.39 is 11.6 Å². The molecular weight excluding hydrogens is 329 g/mol. The summed E-state index contributed by atoms with van der Waals surface area (Å²) in [7, 11) is 0. The first kappa shape index (κ1) is 17.3. The number of nitrogens with zero attached hydrogens (tertiary/aromatic N) is 1. The van der Waals surface area contributed by atoms with Crippen molar-refractivity contribution in [1.82, 2.24) is 5.32 Å². The predicted octanol–water partition coefficient (Wildman–Crippen LogP) is 3.22. The molecule has 0 unspecified atom stereocenters. The molecule has 0 spiro atoms. The van der Waals surface area contributed by atoms with E-state index in [9.17, 15) is 18.0 Å². The van der Waals surface area contributed by atoms with Crippen molar-refractivity contribution in [3.63, 3.8) is 0 Å². The van der Waals surface area contributed by atoms with Gasteiger partial charge in [-0.1, -0.05) is 12.1 Å². The summed E-state index contributed by atoms with van der Waals surface area (Å²) in [5.41, 5.74) is 1.84. The van der Waals surface area contributed by atoms with Crippen molar-refractivity contribution < 1.29 is 18.0 Å². The Bertz CT molecular complexity index is 762. The van der Waals surface area contributed by atoms with Crippen LogP contribution in [0.3, 0.4) is 0 Å². The van der Waals surface area contributed by atoms with Crippen LogP contribution in [0.2, 0.25) is 0 Å². The van der Waals surface area contributed by atoms with Crippen LogP contribution in [0.25, 0.3) is 0 Å². The summed E-state index contributed by atoms with van der Waals surface area (Å²) in [4.78, 5) is 13.8. The summed E-state index contributed by atoms with van der Waals surface area (Å²) >= 11 is 0. The van der Waals surface area contributed by atoms with Gasteiger partial charge in [0.25, 0.3) is 0 Å². The highest BCUT2D eigenvalue weighted by molar-refractivity contribution is 5.82. The first-order chi connectivity index (χ1) is 12.0. The summed E-state index contributed by atoms with van der Waals surface area (Å²) in [5.74, 6) is -1.75. The van der Waals surface area contributed by atoms with Gasteiger partial charge in [0.15, 0.2) is 0 Å². The minimum Gasteiger partial charge on any atom is -0.360 e. The van der Waals surface area contributed by atoms with E-state index in [0.29, 0.717) is 37.2 Å². The molecule has 0 fully saturated rings. The molecule has 1 aliphatic heterocycles. The minimum atomic E-state index is -0.631. The van der Waals surface area contributed by atoms with Crippen LogP contribution >= 0.6 is 0 Å². The maximum atomic E-state index is 14.1. The number of carbonyl (C=O) groups is 1. The monoisotopic (exact) mass is 348 g/mol. The Morgan fingerprint density at radius 2 is 1.84 bits per heavy atom. The molecule has 1 aliphatic rings. The van der Waals surface area contributed by atoms with Gasteiger partial charge in [0, 0.05) is 19.2 Å². The molecular formula is C19H19F3N2O. The second-order valence-corrected chi connectivity index (χ2v) is 6.15. The summed E-state index contributed by atoms with van der Waals surface area (Å²) in [6.45, 7) is 0.997. The highest BCUT2D eigenvalue weighted by Gasteiger charge is 2.23. The van der Waals surface area contributed by atoms with Gasteiger partial charge in [-0.2, -0.15) is 0 Å². The van der Waals surface area contributed by atoms with E-state index in [0.717, 1.165) is 18.1 Å². The Labute approximate surface area is 144 Å². The van der Waals surface area contributed by atoms with E-state index in [1.807, 2.05) is 0 Å². The first-order valence-electron chi connectivity index (χ1n) is 8.27. The number of nitrogens with one attached hydrogen (secondary N) is 1. The smallest absolute Gasteiger partial charge is 0.239 e. The number of anilines is 1. The number of hydrogen-bond acceptors (Lipinski definition) is 2. The lowest BCUT2D eigenvalue weighted by atomic mass is 10.0. The van der Waals surface area contributed by atoms with Crippen molar-refractivity contribution in [1.29, 1.82) is 0 Å². The second kappa shape index (κ2) is 7.59. The van der Waals surface area contributed by atoms with Crippen LogP contribution in [-0.2, 0) is 17.6 Å². The molecule has 1 amide bonds. The third kappa shape index (κ3) is 4.32. The normalized spacial score (nSPS) is 13.5. The highest BCUT2D eigenvalue weighted by atomic mass is 19.1. The van der Waals surface area contributed by atoms with Crippen LogP contribution < -0.4 is 10.2 Å². The molecule has 2 aromatic carbocycles. The topological polar surface area (TPSA) is 32.3 Å². The Morgan fingerprint density at radius 3 is 2.60 bits per heavy atom. The zero-order valence-corrected chi connectivity index (χ0v) is 13.7. The molecule has 0 saturated heterocycles. The van der Waals surface area contributed by atoms with Crippen LogP contribution in [0.1, 0.15) is 17.5 Å². The van der Waals surface area contributed by atoms with E-state index >= 15 is 0 Å². The number of fused-ring (bicyclic) bond motifs is 1. The molecule has 2 aromatic rings. The number of carbonyl (C=O) groups excluding carboxylic acids is 1. The van der Waals surface area contributed by atoms with Gasteiger partial charge in [-0.25, -0.2) is 13.2 Å². The second-order valence-electron chi connectivity index (χ2n) is 6.15. The van der Waals surface area contributed by atoms with E-state index in [4.69, 9.17) is 0 Å². The SMILES string of the molecule is O=C(CN1CCCc2cc(F)cc(F)c21)NCCc1ccc(F)cc1. The van der Waals surface area contributed by atoms with Gasteiger partial charge >= 0.3 is 0 Å². The number of benzene rings is 2. The van der Waals surface area contributed by atoms with E-state index in [1.54, 1.807) is 17.0 Å². The molecule has 0 radical (unpaired) electrons. The average molecular weight is 348 g/mol. The fourth-order valence-electron chi connectivity index (χ4n) is 3.12. The van der Waals surface area contributed by atoms with Crippen molar-refractivity contribution >= 4 is 11.6 Å². The van der Waals surface area contributed by atoms with Crippen molar-refractivity contribution in [3.8, 4) is 0 Å². The maximum Gasteiger partial charge on any atom is 0.239 e. The number of halogens is 3. The molecule has 25 heavy (non-hydrogen) atoms. The Hall–Kier alpha value is -2.50. The van der Waals surface area contributed by atoms with Gasteiger partial charge in [0.05, 0.1) is 12.2 Å². The molecule has 0 aliphatic carbocycles. The molecule has 0 bridgehead atoms. The van der Waals surface area contributed by atoms with Crippen LogP contribution in [0.5, 0.6) is 0 Å². The maximum absolute atomic E-state index is 14.1. The van der Waals surface area contributed by atoms with Crippen LogP contribution in [0.15, 0.2) is 36.4 Å². The lowest BCUT2D eigenvalue weighted by Crippen LogP contribution is -2.40. The number of rotatable bonds is 5. The highest BCUT2D eigenvalue weighted by Crippen LogP contribution is 2.30. The van der Waals surface area contributed by atoms with Crippen LogP contribution in [-0.4, -0.2) is 25.5 Å². The fourth-order valence-corrected chi connectivity index (χ4v) is 3.12. The fraction of sp³-hybridized carbons (Fsp3) is 0.316. The molecule has 1 heterocycles. The average Bonchev–Trinajstić information content (AvgIpc) is 2.56. The van der Waals surface area contributed by atoms with Gasteiger partial charge in [-0.3, -0.25) is 4.79 Å². The van der Waals surface area contributed by atoms with Crippen molar-refractivity contribution in [2.45, 2.75) is 19.3 Å². The molecule has 0 saturated carbocycles. The molecule has 132 valence electrons. The third-order valence-corrected chi connectivity index (χ3v) is 4.28. The summed E-state index contributed by atoms with van der Waals surface area (Å²) in [5, 5.41) is 2.78. The Balaban J connectivity index is 1.56. The molecule has 1 N–H and O–H groups in total. The van der Waals surface area contributed by atoms with Gasteiger partial charge in [0.2, 0.25) is 5.91 Å². The molecule has 3 rings (SSSR count). The van der Waals surface area contributed by atoms with E-state index in [-0.39, 0.29) is 18.3 Å². The van der Waals surface area contributed by atoms with Crippen molar-refractivity contribution in [3.05, 3.63) is 65.0 Å². The molecule has 0 atom stereocenters. The third-order valence-electron chi connectivity index (χ3n) is 4.28. The van der Waals surface area contributed by atoms with Crippen molar-refractivity contribution in [2.24, 2.45) is 0 Å².